The molecular weight excluding hydrogens is 419 g/mol. The van der Waals surface area contributed by atoms with E-state index in [1.807, 2.05) is 13.1 Å². The molecule has 1 fully saturated rings. The zero-order valence-corrected chi connectivity index (χ0v) is 18.6. The van der Waals surface area contributed by atoms with Gasteiger partial charge in [-0.05, 0) is 44.5 Å². The molecule has 2 heterocycles. The van der Waals surface area contributed by atoms with Crippen LogP contribution < -0.4 is 21.3 Å². The topological polar surface area (TPSA) is 79.1 Å². The van der Waals surface area contributed by atoms with Crippen LogP contribution in [0.15, 0.2) is 24.3 Å². The number of benzene rings is 1. The Balaban J connectivity index is 0.00000196. The summed E-state index contributed by atoms with van der Waals surface area (Å²) in [5.41, 5.74) is 8.32. The van der Waals surface area contributed by atoms with Gasteiger partial charge in [-0.2, -0.15) is 4.98 Å². The van der Waals surface area contributed by atoms with E-state index in [0.29, 0.717) is 22.7 Å². The molecule has 1 aliphatic heterocycles. The number of rotatable bonds is 6. The molecule has 9 heteroatoms. The van der Waals surface area contributed by atoms with Crippen LogP contribution in [0.2, 0.25) is 5.02 Å². The maximum Gasteiger partial charge on any atom is 0.229 e. The van der Waals surface area contributed by atoms with Gasteiger partial charge in [-0.3, -0.25) is 0 Å². The molecule has 0 bridgehead atoms. The molecule has 2 aromatic rings. The van der Waals surface area contributed by atoms with E-state index in [-0.39, 0.29) is 24.8 Å². The van der Waals surface area contributed by atoms with Crippen molar-refractivity contribution in [2.75, 3.05) is 36.1 Å². The van der Waals surface area contributed by atoms with Gasteiger partial charge in [0.1, 0.15) is 5.82 Å². The van der Waals surface area contributed by atoms with Crippen molar-refractivity contribution >= 4 is 59.6 Å². The quantitative estimate of drug-likeness (QED) is 0.568. The largest absolute Gasteiger partial charge is 0.397 e. The highest BCUT2D eigenvalue weighted by Gasteiger charge is 2.20. The number of likely N-dealkylation sites (N-methyl/N-ethyl adjacent to an activating group) is 1. The SMILES string of the molecule is CCCc1cc(N2CCC[C@@H](NC)C2)nc(Nc2ccc(Cl)c(N)c2)n1.Cl.Cl. The van der Waals surface area contributed by atoms with Gasteiger partial charge in [0.05, 0.1) is 10.7 Å². The van der Waals surface area contributed by atoms with Gasteiger partial charge in [0.2, 0.25) is 5.95 Å². The molecule has 1 aromatic carbocycles. The summed E-state index contributed by atoms with van der Waals surface area (Å²) in [6, 6.07) is 8.07. The summed E-state index contributed by atoms with van der Waals surface area (Å²) in [5.74, 6) is 1.58. The second kappa shape index (κ2) is 11.5. The Hall–Kier alpha value is -1.47. The fourth-order valence-corrected chi connectivity index (χ4v) is 3.37. The third-order valence-electron chi connectivity index (χ3n) is 4.68. The zero-order valence-electron chi connectivity index (χ0n) is 16.2. The fourth-order valence-electron chi connectivity index (χ4n) is 3.26. The van der Waals surface area contributed by atoms with Gasteiger partial charge in [-0.25, -0.2) is 4.98 Å². The molecule has 1 aromatic heterocycles. The number of hydrogen-bond donors (Lipinski definition) is 3. The van der Waals surface area contributed by atoms with Crippen LogP contribution in [0, 0.1) is 0 Å². The van der Waals surface area contributed by atoms with Crippen LogP contribution in [0.1, 0.15) is 31.9 Å². The molecule has 3 rings (SSSR count). The molecule has 0 spiro atoms. The van der Waals surface area contributed by atoms with Crippen LogP contribution in [0.3, 0.4) is 0 Å². The first kappa shape index (κ1) is 24.6. The molecule has 4 N–H and O–H groups in total. The lowest BCUT2D eigenvalue weighted by Crippen LogP contribution is -2.44. The Kier molecular flexibility index (Phi) is 10.1. The summed E-state index contributed by atoms with van der Waals surface area (Å²) in [7, 11) is 2.02. The minimum Gasteiger partial charge on any atom is -0.397 e. The highest BCUT2D eigenvalue weighted by atomic mass is 35.5. The Morgan fingerprint density at radius 2 is 2.04 bits per heavy atom. The van der Waals surface area contributed by atoms with Gasteiger partial charge in [0, 0.05) is 36.6 Å². The molecule has 1 saturated heterocycles. The fraction of sp³-hybridized carbons (Fsp3) is 0.474. The molecule has 0 aliphatic carbocycles. The monoisotopic (exact) mass is 446 g/mol. The number of nitrogens with one attached hydrogen (secondary N) is 2. The summed E-state index contributed by atoms with van der Waals surface area (Å²) in [5, 5.41) is 7.20. The Morgan fingerprint density at radius 1 is 1.25 bits per heavy atom. The van der Waals surface area contributed by atoms with E-state index < -0.39 is 0 Å². The zero-order chi connectivity index (χ0) is 18.5. The normalized spacial score (nSPS) is 16.1. The van der Waals surface area contributed by atoms with Crippen molar-refractivity contribution in [2.24, 2.45) is 0 Å². The lowest BCUT2D eigenvalue weighted by atomic mass is 10.1. The minimum absolute atomic E-state index is 0. The number of anilines is 4. The number of nitrogens with zero attached hydrogens (tertiary/aromatic N) is 3. The number of aromatic nitrogens is 2. The first-order valence-corrected chi connectivity index (χ1v) is 9.59. The van der Waals surface area contributed by atoms with E-state index >= 15 is 0 Å². The highest BCUT2D eigenvalue weighted by Crippen LogP contribution is 2.26. The van der Waals surface area contributed by atoms with Crippen molar-refractivity contribution in [3.05, 3.63) is 35.0 Å². The number of halogens is 3. The van der Waals surface area contributed by atoms with Crippen LogP contribution in [-0.2, 0) is 6.42 Å². The Bertz CT molecular complexity index is 758. The van der Waals surface area contributed by atoms with E-state index in [4.69, 9.17) is 22.3 Å². The maximum atomic E-state index is 6.01. The number of hydrogen-bond acceptors (Lipinski definition) is 6. The smallest absolute Gasteiger partial charge is 0.229 e. The average molecular weight is 448 g/mol. The van der Waals surface area contributed by atoms with Crippen LogP contribution in [0.4, 0.5) is 23.1 Å². The van der Waals surface area contributed by atoms with Crippen LogP contribution in [0.5, 0.6) is 0 Å². The molecule has 1 atom stereocenters. The summed E-state index contributed by atoms with van der Waals surface area (Å²) >= 11 is 6.01. The number of aryl methyl sites for hydroxylation is 1. The molecule has 28 heavy (non-hydrogen) atoms. The van der Waals surface area contributed by atoms with Gasteiger partial charge in [0.25, 0.3) is 0 Å². The first-order valence-electron chi connectivity index (χ1n) is 9.21. The number of nitrogens with two attached hydrogens (primary N) is 1. The Labute approximate surface area is 184 Å². The first-order chi connectivity index (χ1) is 12.6. The van der Waals surface area contributed by atoms with E-state index in [1.165, 1.54) is 6.42 Å². The minimum atomic E-state index is 0. The highest BCUT2D eigenvalue weighted by molar-refractivity contribution is 6.33. The van der Waals surface area contributed by atoms with Crippen LogP contribution in [0.25, 0.3) is 0 Å². The number of nitrogen functional groups attached to an aromatic ring is 1. The molecule has 0 saturated carbocycles. The van der Waals surface area contributed by atoms with Gasteiger partial charge < -0.3 is 21.3 Å². The van der Waals surface area contributed by atoms with Crippen molar-refractivity contribution < 1.29 is 0 Å². The van der Waals surface area contributed by atoms with Crippen molar-refractivity contribution in [1.82, 2.24) is 15.3 Å². The van der Waals surface area contributed by atoms with Crippen molar-refractivity contribution in [3.63, 3.8) is 0 Å². The van der Waals surface area contributed by atoms with E-state index in [9.17, 15) is 0 Å². The summed E-state index contributed by atoms with van der Waals surface area (Å²) in [6.45, 7) is 4.15. The van der Waals surface area contributed by atoms with Gasteiger partial charge >= 0.3 is 0 Å². The second-order valence-electron chi connectivity index (χ2n) is 6.73. The standard InChI is InChI=1S/C19H27ClN6.2ClH/c1-3-5-13-11-18(26-9-4-6-15(12-26)22-2)25-19(23-13)24-14-7-8-16(20)17(21)10-14;;/h7-8,10-11,15,22H,3-6,9,12,21H2,1-2H3,(H,23,24,25);2*1H/t15-;;/m1../s1. The summed E-state index contributed by atoms with van der Waals surface area (Å²) in [4.78, 5) is 11.8. The van der Waals surface area contributed by atoms with Gasteiger partial charge in [-0.1, -0.05) is 24.9 Å². The van der Waals surface area contributed by atoms with Crippen LogP contribution in [-0.4, -0.2) is 36.1 Å². The van der Waals surface area contributed by atoms with Gasteiger partial charge in [0.15, 0.2) is 0 Å². The second-order valence-corrected chi connectivity index (χ2v) is 7.13. The molecule has 0 unspecified atom stereocenters. The lowest BCUT2D eigenvalue weighted by Gasteiger charge is -2.33. The summed E-state index contributed by atoms with van der Waals surface area (Å²) < 4.78 is 0. The molecule has 0 amide bonds. The predicted octanol–water partition coefficient (Wildman–Crippen LogP) is 4.44. The van der Waals surface area contributed by atoms with E-state index in [0.717, 1.165) is 49.6 Å². The number of piperidine rings is 1. The lowest BCUT2D eigenvalue weighted by molar-refractivity contribution is 0.447. The van der Waals surface area contributed by atoms with E-state index in [2.05, 4.69) is 33.5 Å². The van der Waals surface area contributed by atoms with Crippen LogP contribution >= 0.6 is 36.4 Å². The van der Waals surface area contributed by atoms with E-state index in [1.54, 1.807) is 12.1 Å². The van der Waals surface area contributed by atoms with Gasteiger partial charge in [-0.15, -0.1) is 24.8 Å². The maximum absolute atomic E-state index is 6.01. The third kappa shape index (κ3) is 6.27. The molecule has 156 valence electrons. The third-order valence-corrected chi connectivity index (χ3v) is 5.02. The van der Waals surface area contributed by atoms with Crippen molar-refractivity contribution in [3.8, 4) is 0 Å². The molecule has 1 aliphatic rings. The molecule has 6 nitrogen and oxygen atoms in total. The average Bonchev–Trinajstić information content (AvgIpc) is 2.65. The summed E-state index contributed by atoms with van der Waals surface area (Å²) in [6.07, 6.45) is 4.34. The van der Waals surface area contributed by atoms with Crippen molar-refractivity contribution in [1.29, 1.82) is 0 Å². The molecule has 0 radical (unpaired) electrons. The molecular formula is C19H29Cl3N6. The van der Waals surface area contributed by atoms with Crippen molar-refractivity contribution in [2.45, 2.75) is 38.6 Å². The predicted molar refractivity (Wildman–Crippen MR) is 124 cm³/mol. The Morgan fingerprint density at radius 3 is 2.71 bits per heavy atom.